The summed E-state index contributed by atoms with van der Waals surface area (Å²) in [6.07, 6.45) is 1.79. The van der Waals surface area contributed by atoms with Gasteiger partial charge in [0.1, 0.15) is 11.6 Å². The van der Waals surface area contributed by atoms with Crippen molar-refractivity contribution in [1.29, 1.82) is 0 Å². The molecule has 0 saturated heterocycles. The van der Waals surface area contributed by atoms with E-state index in [2.05, 4.69) is 81.4 Å². The minimum absolute atomic E-state index is 0. The van der Waals surface area contributed by atoms with Crippen LogP contribution in [0.5, 0.6) is 5.75 Å². The van der Waals surface area contributed by atoms with E-state index in [0.717, 1.165) is 73.8 Å². The summed E-state index contributed by atoms with van der Waals surface area (Å²) in [6, 6.07) is 65.6. The van der Waals surface area contributed by atoms with Gasteiger partial charge >= 0.3 is 0 Å². The van der Waals surface area contributed by atoms with Crippen molar-refractivity contribution in [2.24, 2.45) is 0 Å². The van der Waals surface area contributed by atoms with Crippen LogP contribution < -0.4 is 0 Å². The van der Waals surface area contributed by atoms with E-state index in [1.54, 1.807) is 6.20 Å². The quantitative estimate of drug-likeness (QED) is 0.154. The van der Waals surface area contributed by atoms with Gasteiger partial charge in [-0.15, -0.1) is 23.8 Å². The molecule has 2 aromatic heterocycles. The van der Waals surface area contributed by atoms with Gasteiger partial charge in [0.15, 0.2) is 0 Å². The molecular formula is C62H52N3OPt-. The molecule has 0 saturated carbocycles. The fourth-order valence-electron chi connectivity index (χ4n) is 8.63. The summed E-state index contributed by atoms with van der Waals surface area (Å²) in [4.78, 5) is 10.2. The first kappa shape index (κ1) is 35.1. The second kappa shape index (κ2) is 18.3. The smallest absolute Gasteiger partial charge is 0.148 e. The van der Waals surface area contributed by atoms with Crippen LogP contribution in [-0.2, 0) is 31.9 Å². The molecule has 0 spiro atoms. The number of phenols is 1. The molecule has 5 heteroatoms. The molecule has 0 atom stereocenters. The van der Waals surface area contributed by atoms with Crippen LogP contribution in [0, 0.1) is 6.07 Å². The number of rotatable bonds is 8. The summed E-state index contributed by atoms with van der Waals surface area (Å²) in [6.45, 7) is -4.27. The fourth-order valence-corrected chi connectivity index (χ4v) is 8.63. The second-order valence-corrected chi connectivity index (χ2v) is 17.7. The zero-order valence-corrected chi connectivity index (χ0v) is 39.4. The van der Waals surface area contributed by atoms with Crippen molar-refractivity contribution in [3.05, 3.63) is 218 Å². The number of fused-ring (bicyclic) bond motifs is 1. The Morgan fingerprint density at radius 2 is 1.06 bits per heavy atom. The molecule has 332 valence electrons. The second-order valence-electron chi connectivity index (χ2n) is 17.7. The molecule has 0 aliphatic rings. The van der Waals surface area contributed by atoms with Crippen molar-refractivity contribution in [3.8, 4) is 89.7 Å². The number of phenolic OH excluding ortho intramolecular Hbond substituents is 1. The molecular weight excluding hydrogens is 998 g/mol. The third-order valence-electron chi connectivity index (χ3n) is 12.2. The van der Waals surface area contributed by atoms with Crippen molar-refractivity contribution in [2.45, 2.75) is 52.2 Å². The Kier molecular flexibility index (Phi) is 9.58. The summed E-state index contributed by atoms with van der Waals surface area (Å²) < 4.78 is 79.0. The summed E-state index contributed by atoms with van der Waals surface area (Å²) in [7, 11) is 0. The van der Waals surface area contributed by atoms with Crippen LogP contribution in [0.1, 0.15) is 64.8 Å². The third kappa shape index (κ3) is 9.07. The zero-order valence-electron chi connectivity index (χ0n) is 46.2. The summed E-state index contributed by atoms with van der Waals surface area (Å²) in [5, 5.41) is 12.0. The maximum Gasteiger partial charge on any atom is 0.148 e. The topological polar surface area (TPSA) is 50.9 Å². The monoisotopic (exact) mass is 1060 g/mol. The number of pyridine rings is 1. The van der Waals surface area contributed by atoms with Crippen LogP contribution in [-0.4, -0.2) is 19.6 Å². The summed E-state index contributed by atoms with van der Waals surface area (Å²) in [5.41, 5.74) is 9.03. The predicted molar refractivity (Wildman–Crippen MR) is 275 cm³/mol. The molecule has 10 rings (SSSR count). The van der Waals surface area contributed by atoms with Gasteiger partial charge < -0.3 is 5.11 Å². The van der Waals surface area contributed by atoms with E-state index in [1.807, 2.05) is 126 Å². The Bertz CT molecular complexity index is 3680. The Balaban J connectivity index is 0.00000706. The van der Waals surface area contributed by atoms with Gasteiger partial charge in [-0.25, -0.2) is 4.98 Å². The van der Waals surface area contributed by atoms with E-state index in [0.29, 0.717) is 33.5 Å². The predicted octanol–water partition coefficient (Wildman–Crippen LogP) is 16.2. The first-order valence-electron chi connectivity index (χ1n) is 26.5. The van der Waals surface area contributed by atoms with Gasteiger partial charge in [-0.2, -0.15) is 0 Å². The van der Waals surface area contributed by atoms with Gasteiger partial charge in [-0.05, 0) is 91.7 Å². The Morgan fingerprint density at radius 1 is 0.493 bits per heavy atom. The van der Waals surface area contributed by atoms with Crippen molar-refractivity contribution in [1.82, 2.24) is 14.5 Å². The molecule has 0 radical (unpaired) electrons. The molecule has 0 unspecified atom stereocenters. The molecule has 10 aromatic rings. The average Bonchev–Trinajstić information content (AvgIpc) is 3.96. The van der Waals surface area contributed by atoms with Crippen LogP contribution in [0.15, 0.2) is 200 Å². The minimum atomic E-state index is -3.55. The number of imidazole rings is 1. The van der Waals surface area contributed by atoms with Crippen LogP contribution in [0.3, 0.4) is 0 Å². The molecule has 0 fully saturated rings. The summed E-state index contributed by atoms with van der Waals surface area (Å²) in [5.74, 6) is -0.263. The van der Waals surface area contributed by atoms with Crippen LogP contribution in [0.2, 0.25) is 0 Å². The van der Waals surface area contributed by atoms with E-state index < -0.39 is 31.5 Å². The number of hydrogen-bond acceptors (Lipinski definition) is 3. The number of aromatic hydroxyl groups is 1. The van der Waals surface area contributed by atoms with Crippen molar-refractivity contribution in [2.75, 3.05) is 0 Å². The molecule has 67 heavy (non-hydrogen) atoms. The first-order chi connectivity index (χ1) is 35.6. The molecule has 0 aliphatic carbocycles. The van der Waals surface area contributed by atoms with E-state index in [-0.39, 0.29) is 43.6 Å². The molecule has 4 nitrogen and oxygen atoms in total. The number of para-hydroxylation sites is 1. The molecule has 8 aromatic carbocycles. The molecule has 1 N–H and O–H groups in total. The SMILES string of the molecule is [2H]C([2H])([2H])C(c1ccc(O)c(-c2nc3c(-c4[c-]c(-c5cc(-c6ccc(-c7ccccc7)cc6)ccn5)cc(-c5ccccc5)c4)cccc3n2-c2ccc(C(C)(C)C)cc2-c2ccccc2)c1)(C([2H])([2H])[2H])C([2H])([2H])[2H].[Pt]. The maximum atomic E-state index is 12.0. The molecule has 0 aliphatic heterocycles. The van der Waals surface area contributed by atoms with Crippen molar-refractivity contribution < 1.29 is 38.5 Å². The molecule has 0 bridgehead atoms. The fraction of sp³-hybridized carbons (Fsp3) is 0.129. The Hall–Kier alpha value is -7.13. The Labute approximate surface area is 421 Å². The zero-order chi connectivity index (χ0) is 53.1. The van der Waals surface area contributed by atoms with Crippen LogP contribution in [0.25, 0.3) is 95.0 Å². The van der Waals surface area contributed by atoms with E-state index in [1.165, 1.54) is 0 Å². The van der Waals surface area contributed by atoms with Gasteiger partial charge in [0.25, 0.3) is 0 Å². The normalized spacial score (nSPS) is 14.2. The molecule has 2 heterocycles. The van der Waals surface area contributed by atoms with E-state index in [4.69, 9.17) is 22.3 Å². The average molecular weight is 1060 g/mol. The number of nitrogens with zero attached hydrogens (tertiary/aromatic N) is 3. The van der Waals surface area contributed by atoms with Gasteiger partial charge in [-0.3, -0.25) is 9.55 Å². The summed E-state index contributed by atoms with van der Waals surface area (Å²) >= 11 is 0. The first-order valence-corrected chi connectivity index (χ1v) is 22.0. The van der Waals surface area contributed by atoms with E-state index in [9.17, 15) is 5.11 Å². The van der Waals surface area contributed by atoms with Crippen molar-refractivity contribution >= 4 is 11.0 Å². The van der Waals surface area contributed by atoms with Gasteiger partial charge in [-0.1, -0.05) is 204 Å². The van der Waals surface area contributed by atoms with Crippen LogP contribution in [0.4, 0.5) is 0 Å². The standard InChI is InChI=1S/C62H52N3O.Pt/c1-61(2,3)50-29-31-56(53(39-50)45-21-14-9-15-22-45)65-57-24-16-23-52(59(57)64-60(65)54-40-51(62(4,5)6)30-32-58(54)66)48-35-47(42-19-12-8-13-20-42)36-49(37-48)55-38-46(33-34-63-55)44-27-25-43(26-28-44)41-17-10-7-11-18-41;/h7-36,38-40,66H,1-6H3;/q-1;/i4D3,5D3,6D3;. The largest absolute Gasteiger partial charge is 0.507 e. The van der Waals surface area contributed by atoms with E-state index >= 15 is 0 Å². The Morgan fingerprint density at radius 3 is 1.72 bits per heavy atom. The van der Waals surface area contributed by atoms with Crippen molar-refractivity contribution in [3.63, 3.8) is 0 Å². The van der Waals surface area contributed by atoms with Crippen LogP contribution >= 0.6 is 0 Å². The minimum Gasteiger partial charge on any atom is -0.507 e. The third-order valence-corrected chi connectivity index (χ3v) is 12.2. The molecule has 0 amide bonds. The van der Waals surface area contributed by atoms with Gasteiger partial charge in [0, 0.05) is 50.9 Å². The number of hydrogen-bond donors (Lipinski definition) is 1. The van der Waals surface area contributed by atoms with Gasteiger partial charge in [0.2, 0.25) is 0 Å². The maximum absolute atomic E-state index is 12.0. The number of aromatic nitrogens is 3. The van der Waals surface area contributed by atoms with Gasteiger partial charge in [0.05, 0.1) is 22.3 Å². The number of benzene rings is 8.